The highest BCUT2D eigenvalue weighted by atomic mass is 16.5. The summed E-state index contributed by atoms with van der Waals surface area (Å²) in [6.07, 6.45) is 3.34. The van der Waals surface area contributed by atoms with Crippen LogP contribution in [0.3, 0.4) is 0 Å². The Morgan fingerprint density at radius 1 is 1.10 bits per heavy atom. The lowest BCUT2D eigenvalue weighted by atomic mass is 10.1. The normalized spacial score (nSPS) is 10.2. The molecule has 0 atom stereocenters. The highest BCUT2D eigenvalue weighted by Gasteiger charge is 2.12. The number of para-hydroxylation sites is 1. The summed E-state index contributed by atoms with van der Waals surface area (Å²) in [6.45, 7) is 2.16. The fraction of sp³-hybridized carbons (Fsp3) is 0.235. The van der Waals surface area contributed by atoms with E-state index in [1.165, 1.54) is 17.7 Å². The molecule has 0 bridgehead atoms. The number of unbranched alkanes of at least 4 members (excludes halogenated alkanes) is 1. The van der Waals surface area contributed by atoms with E-state index in [2.05, 4.69) is 6.92 Å². The van der Waals surface area contributed by atoms with Crippen molar-refractivity contribution in [1.29, 1.82) is 0 Å². The van der Waals surface area contributed by atoms with Gasteiger partial charge in [-0.1, -0.05) is 37.6 Å². The van der Waals surface area contributed by atoms with E-state index in [0.29, 0.717) is 5.75 Å². The second kappa shape index (κ2) is 6.75. The zero-order valence-corrected chi connectivity index (χ0v) is 11.5. The van der Waals surface area contributed by atoms with Crippen LogP contribution in [0.5, 0.6) is 11.5 Å². The van der Waals surface area contributed by atoms with Gasteiger partial charge in [-0.15, -0.1) is 0 Å². The number of aromatic hydroxyl groups is 1. The molecule has 0 unspecified atom stereocenters. The van der Waals surface area contributed by atoms with Crippen LogP contribution in [0.15, 0.2) is 48.5 Å². The summed E-state index contributed by atoms with van der Waals surface area (Å²) < 4.78 is 5.24. The van der Waals surface area contributed by atoms with Gasteiger partial charge in [-0.05, 0) is 42.7 Å². The van der Waals surface area contributed by atoms with Crippen LogP contribution in [-0.4, -0.2) is 11.1 Å². The number of phenolic OH excluding ortho intramolecular Hbond substituents is 1. The molecule has 2 aromatic rings. The molecule has 0 heterocycles. The number of rotatable bonds is 5. The monoisotopic (exact) mass is 270 g/mol. The number of carbonyl (C=O) groups is 1. The summed E-state index contributed by atoms with van der Waals surface area (Å²) in [5.41, 5.74) is 1.40. The van der Waals surface area contributed by atoms with E-state index in [9.17, 15) is 9.90 Å². The van der Waals surface area contributed by atoms with Crippen molar-refractivity contribution >= 4 is 5.97 Å². The van der Waals surface area contributed by atoms with Crippen LogP contribution < -0.4 is 4.74 Å². The molecular weight excluding hydrogens is 252 g/mol. The first-order valence-electron chi connectivity index (χ1n) is 6.80. The maximum absolute atomic E-state index is 11.9. The molecule has 3 nitrogen and oxygen atoms in total. The van der Waals surface area contributed by atoms with Crippen molar-refractivity contribution in [2.24, 2.45) is 0 Å². The van der Waals surface area contributed by atoms with Gasteiger partial charge in [0.2, 0.25) is 0 Å². The summed E-state index contributed by atoms with van der Waals surface area (Å²) in [4.78, 5) is 11.9. The van der Waals surface area contributed by atoms with Crippen LogP contribution in [0.1, 0.15) is 35.7 Å². The Kier molecular flexibility index (Phi) is 4.77. The largest absolute Gasteiger partial charge is 0.507 e. The van der Waals surface area contributed by atoms with Crippen molar-refractivity contribution in [3.8, 4) is 11.5 Å². The summed E-state index contributed by atoms with van der Waals surface area (Å²) in [5, 5.41) is 9.60. The SMILES string of the molecule is CCCCc1ccc(OC(=O)c2ccccc2O)cc1. The molecule has 0 aliphatic heterocycles. The Hall–Kier alpha value is -2.29. The smallest absolute Gasteiger partial charge is 0.347 e. The predicted octanol–water partition coefficient (Wildman–Crippen LogP) is 3.95. The van der Waals surface area contributed by atoms with E-state index >= 15 is 0 Å². The molecule has 0 radical (unpaired) electrons. The molecule has 0 amide bonds. The minimum Gasteiger partial charge on any atom is -0.507 e. The quantitative estimate of drug-likeness (QED) is 0.661. The predicted molar refractivity (Wildman–Crippen MR) is 78.1 cm³/mol. The number of carbonyl (C=O) groups excluding carboxylic acids is 1. The number of phenols is 1. The van der Waals surface area contributed by atoms with E-state index in [0.717, 1.165) is 19.3 Å². The third-order valence-electron chi connectivity index (χ3n) is 3.08. The molecule has 2 aromatic carbocycles. The number of hydrogen-bond donors (Lipinski definition) is 1. The van der Waals surface area contributed by atoms with E-state index < -0.39 is 5.97 Å². The van der Waals surface area contributed by atoms with Crippen molar-refractivity contribution in [2.45, 2.75) is 26.2 Å². The lowest BCUT2D eigenvalue weighted by Gasteiger charge is -2.06. The number of hydrogen-bond acceptors (Lipinski definition) is 3. The molecule has 0 aromatic heterocycles. The Morgan fingerprint density at radius 3 is 2.45 bits per heavy atom. The van der Waals surface area contributed by atoms with Crippen LogP contribution in [-0.2, 0) is 6.42 Å². The lowest BCUT2D eigenvalue weighted by molar-refractivity contribution is 0.0731. The average molecular weight is 270 g/mol. The van der Waals surface area contributed by atoms with E-state index in [4.69, 9.17) is 4.74 Å². The second-order valence-electron chi connectivity index (χ2n) is 4.65. The average Bonchev–Trinajstić information content (AvgIpc) is 2.47. The summed E-state index contributed by atoms with van der Waals surface area (Å²) >= 11 is 0. The van der Waals surface area contributed by atoms with Gasteiger partial charge >= 0.3 is 5.97 Å². The van der Waals surface area contributed by atoms with Crippen molar-refractivity contribution in [3.05, 3.63) is 59.7 Å². The van der Waals surface area contributed by atoms with Crippen LogP contribution in [0, 0.1) is 0 Å². The number of ether oxygens (including phenoxy) is 1. The highest BCUT2D eigenvalue weighted by Crippen LogP contribution is 2.20. The lowest BCUT2D eigenvalue weighted by Crippen LogP contribution is -2.08. The fourth-order valence-corrected chi connectivity index (χ4v) is 1.91. The molecule has 2 rings (SSSR count). The molecule has 1 N–H and O–H groups in total. The molecule has 104 valence electrons. The zero-order valence-electron chi connectivity index (χ0n) is 11.5. The van der Waals surface area contributed by atoms with Gasteiger partial charge in [0.1, 0.15) is 17.1 Å². The summed E-state index contributed by atoms with van der Waals surface area (Å²) in [5.74, 6) is -0.139. The first kappa shape index (κ1) is 14.1. The van der Waals surface area contributed by atoms with Gasteiger partial charge in [-0.25, -0.2) is 4.79 Å². The molecule has 0 aliphatic carbocycles. The Balaban J connectivity index is 2.03. The number of benzene rings is 2. The Morgan fingerprint density at radius 2 is 1.80 bits per heavy atom. The zero-order chi connectivity index (χ0) is 14.4. The first-order chi connectivity index (χ1) is 9.70. The van der Waals surface area contributed by atoms with Crippen LogP contribution in [0.2, 0.25) is 0 Å². The van der Waals surface area contributed by atoms with Gasteiger partial charge in [0.05, 0.1) is 0 Å². The van der Waals surface area contributed by atoms with Crippen molar-refractivity contribution in [2.75, 3.05) is 0 Å². The molecule has 0 saturated carbocycles. The van der Waals surface area contributed by atoms with Crippen LogP contribution >= 0.6 is 0 Å². The Bertz CT molecular complexity index is 573. The van der Waals surface area contributed by atoms with Crippen molar-refractivity contribution in [1.82, 2.24) is 0 Å². The molecule has 0 saturated heterocycles. The van der Waals surface area contributed by atoms with Crippen LogP contribution in [0.4, 0.5) is 0 Å². The molecule has 20 heavy (non-hydrogen) atoms. The number of esters is 1. The van der Waals surface area contributed by atoms with E-state index in [1.807, 2.05) is 12.1 Å². The van der Waals surface area contributed by atoms with Gasteiger partial charge in [0.25, 0.3) is 0 Å². The van der Waals surface area contributed by atoms with Crippen molar-refractivity contribution in [3.63, 3.8) is 0 Å². The first-order valence-corrected chi connectivity index (χ1v) is 6.80. The summed E-state index contributed by atoms with van der Waals surface area (Å²) in [7, 11) is 0. The highest BCUT2D eigenvalue weighted by molar-refractivity contribution is 5.93. The molecular formula is C17H18O3. The van der Waals surface area contributed by atoms with Crippen molar-refractivity contribution < 1.29 is 14.6 Å². The van der Waals surface area contributed by atoms with E-state index in [-0.39, 0.29) is 11.3 Å². The van der Waals surface area contributed by atoms with Gasteiger partial charge < -0.3 is 9.84 Å². The minimum absolute atomic E-state index is 0.0722. The topological polar surface area (TPSA) is 46.5 Å². The molecule has 3 heteroatoms. The maximum atomic E-state index is 11.9. The third-order valence-corrected chi connectivity index (χ3v) is 3.08. The van der Waals surface area contributed by atoms with Gasteiger partial charge in [-0.2, -0.15) is 0 Å². The molecule has 0 fully saturated rings. The van der Waals surface area contributed by atoms with E-state index in [1.54, 1.807) is 24.3 Å². The second-order valence-corrected chi connectivity index (χ2v) is 4.65. The third kappa shape index (κ3) is 3.60. The number of aryl methyl sites for hydroxylation is 1. The summed E-state index contributed by atoms with van der Waals surface area (Å²) in [6, 6.07) is 13.8. The molecule has 0 aliphatic rings. The molecule has 0 spiro atoms. The van der Waals surface area contributed by atoms with Gasteiger partial charge in [0.15, 0.2) is 0 Å². The minimum atomic E-state index is -0.551. The fourth-order valence-electron chi connectivity index (χ4n) is 1.91. The van der Waals surface area contributed by atoms with Crippen LogP contribution in [0.25, 0.3) is 0 Å². The standard InChI is InChI=1S/C17H18O3/c1-2-3-6-13-9-11-14(12-10-13)20-17(19)15-7-4-5-8-16(15)18/h4-5,7-12,18H,2-3,6H2,1H3. The Labute approximate surface area is 118 Å². The van der Waals surface area contributed by atoms with Gasteiger partial charge in [0, 0.05) is 0 Å². The van der Waals surface area contributed by atoms with Gasteiger partial charge in [-0.3, -0.25) is 0 Å². The maximum Gasteiger partial charge on any atom is 0.347 e.